The molecule has 1 saturated heterocycles. The Balaban J connectivity index is 1.52. The third-order valence-corrected chi connectivity index (χ3v) is 5.75. The number of imidazole rings is 1. The van der Waals surface area contributed by atoms with Gasteiger partial charge in [-0.05, 0) is 45.0 Å². The van der Waals surface area contributed by atoms with Gasteiger partial charge in [-0.1, -0.05) is 17.4 Å². The molecule has 0 aromatic carbocycles. The van der Waals surface area contributed by atoms with Crippen LogP contribution in [-0.2, 0) is 6.42 Å². The van der Waals surface area contributed by atoms with Gasteiger partial charge < -0.3 is 4.90 Å². The van der Waals surface area contributed by atoms with Crippen LogP contribution >= 0.6 is 11.3 Å². The molecule has 128 valence electrons. The SMILES string of the molecule is Cc1nc2ccccn2c1-c1nnc2sc(CCN3CCCC3)nn12. The number of hydrogen-bond acceptors (Lipinski definition) is 6. The second kappa shape index (κ2) is 5.89. The van der Waals surface area contributed by atoms with Crippen LogP contribution in [0.5, 0.6) is 0 Å². The third-order valence-electron chi connectivity index (χ3n) is 4.79. The van der Waals surface area contributed by atoms with Crippen LogP contribution in [0.25, 0.3) is 22.1 Å². The maximum absolute atomic E-state index is 4.78. The number of likely N-dealkylation sites (tertiary alicyclic amines) is 1. The molecule has 5 rings (SSSR count). The zero-order valence-electron chi connectivity index (χ0n) is 14.1. The maximum atomic E-state index is 4.78. The van der Waals surface area contributed by atoms with Crippen molar-refractivity contribution in [3.8, 4) is 11.5 Å². The van der Waals surface area contributed by atoms with Gasteiger partial charge in [0.25, 0.3) is 0 Å². The topological polar surface area (TPSA) is 63.6 Å². The Morgan fingerprint density at radius 2 is 2.04 bits per heavy atom. The van der Waals surface area contributed by atoms with Gasteiger partial charge in [0.2, 0.25) is 10.8 Å². The molecule has 0 atom stereocenters. The van der Waals surface area contributed by atoms with E-state index in [9.17, 15) is 0 Å². The summed E-state index contributed by atoms with van der Waals surface area (Å²) in [5.41, 5.74) is 2.81. The van der Waals surface area contributed by atoms with E-state index >= 15 is 0 Å². The largest absolute Gasteiger partial charge is 0.303 e. The Labute approximate surface area is 148 Å². The standard InChI is InChI=1S/C17H19N7S/c1-12-15(23-10-3-2-6-13(23)18-12)16-19-20-17-24(16)21-14(25-17)7-11-22-8-4-5-9-22/h2-3,6,10H,4-5,7-9,11H2,1H3. The van der Waals surface area contributed by atoms with Gasteiger partial charge in [0, 0.05) is 19.2 Å². The molecule has 1 aliphatic heterocycles. The minimum atomic E-state index is 0.759. The monoisotopic (exact) mass is 353 g/mol. The van der Waals surface area contributed by atoms with Gasteiger partial charge >= 0.3 is 0 Å². The molecule has 0 radical (unpaired) electrons. The second-order valence-corrected chi connectivity index (χ2v) is 7.53. The number of aromatic nitrogens is 6. The van der Waals surface area contributed by atoms with Crippen molar-refractivity contribution in [2.45, 2.75) is 26.2 Å². The second-order valence-electron chi connectivity index (χ2n) is 6.49. The molecule has 4 aromatic heterocycles. The zero-order valence-corrected chi connectivity index (χ0v) is 14.9. The van der Waals surface area contributed by atoms with E-state index in [0.29, 0.717) is 0 Å². The number of hydrogen-bond donors (Lipinski definition) is 0. The van der Waals surface area contributed by atoms with Crippen molar-refractivity contribution in [2.75, 3.05) is 19.6 Å². The first-order valence-electron chi connectivity index (χ1n) is 8.67. The molecule has 8 heteroatoms. The summed E-state index contributed by atoms with van der Waals surface area (Å²) in [5, 5.41) is 14.6. The Morgan fingerprint density at radius 3 is 2.92 bits per heavy atom. The lowest BCUT2D eigenvalue weighted by molar-refractivity contribution is 0.343. The van der Waals surface area contributed by atoms with Crippen molar-refractivity contribution in [3.05, 3.63) is 35.1 Å². The van der Waals surface area contributed by atoms with Crippen LogP contribution in [0.15, 0.2) is 24.4 Å². The van der Waals surface area contributed by atoms with E-state index in [0.717, 1.165) is 45.8 Å². The van der Waals surface area contributed by atoms with Gasteiger partial charge in [0.1, 0.15) is 16.3 Å². The summed E-state index contributed by atoms with van der Waals surface area (Å²) in [6.45, 7) is 5.52. The number of aryl methyl sites for hydroxylation is 1. The van der Waals surface area contributed by atoms with Gasteiger partial charge in [-0.15, -0.1) is 10.2 Å². The van der Waals surface area contributed by atoms with Crippen LogP contribution in [0.3, 0.4) is 0 Å². The Bertz CT molecular complexity index is 1040. The number of rotatable bonds is 4. The molecule has 25 heavy (non-hydrogen) atoms. The number of pyridine rings is 1. The summed E-state index contributed by atoms with van der Waals surface area (Å²) >= 11 is 1.63. The van der Waals surface area contributed by atoms with E-state index in [4.69, 9.17) is 5.10 Å². The molecule has 0 spiro atoms. The number of nitrogens with zero attached hydrogens (tertiary/aromatic N) is 7. The van der Waals surface area contributed by atoms with Crippen molar-refractivity contribution in [3.63, 3.8) is 0 Å². The van der Waals surface area contributed by atoms with Crippen LogP contribution in [0, 0.1) is 6.92 Å². The minimum absolute atomic E-state index is 0.759. The first-order chi connectivity index (χ1) is 12.3. The van der Waals surface area contributed by atoms with Crippen LogP contribution in [0.1, 0.15) is 23.5 Å². The van der Waals surface area contributed by atoms with Gasteiger partial charge in [0.05, 0.1) is 5.69 Å². The molecule has 0 aliphatic carbocycles. The Hall–Kier alpha value is -2.32. The van der Waals surface area contributed by atoms with Gasteiger partial charge in [-0.25, -0.2) is 4.98 Å². The highest BCUT2D eigenvalue weighted by Crippen LogP contribution is 2.25. The van der Waals surface area contributed by atoms with Gasteiger partial charge in [-0.2, -0.15) is 9.61 Å². The summed E-state index contributed by atoms with van der Waals surface area (Å²) in [4.78, 5) is 7.98. The third kappa shape index (κ3) is 2.52. The van der Waals surface area contributed by atoms with E-state index in [1.165, 1.54) is 25.9 Å². The van der Waals surface area contributed by atoms with Crippen molar-refractivity contribution >= 4 is 21.9 Å². The molecule has 0 saturated carbocycles. The summed E-state index contributed by atoms with van der Waals surface area (Å²) < 4.78 is 3.92. The normalized spacial score (nSPS) is 15.7. The highest BCUT2D eigenvalue weighted by molar-refractivity contribution is 7.16. The van der Waals surface area contributed by atoms with Gasteiger partial charge in [0.15, 0.2) is 0 Å². The molecule has 0 amide bonds. The summed E-state index contributed by atoms with van der Waals surface area (Å²) in [7, 11) is 0. The molecular weight excluding hydrogens is 334 g/mol. The molecule has 1 aliphatic rings. The molecule has 0 N–H and O–H groups in total. The highest BCUT2D eigenvalue weighted by Gasteiger charge is 2.20. The molecule has 0 bridgehead atoms. The summed E-state index contributed by atoms with van der Waals surface area (Å²) in [6, 6.07) is 5.99. The lowest BCUT2D eigenvalue weighted by Gasteiger charge is -2.12. The zero-order chi connectivity index (χ0) is 16.8. The first-order valence-corrected chi connectivity index (χ1v) is 9.49. The van der Waals surface area contributed by atoms with Gasteiger partial charge in [-0.3, -0.25) is 4.40 Å². The fourth-order valence-corrected chi connectivity index (χ4v) is 4.37. The van der Waals surface area contributed by atoms with Crippen molar-refractivity contribution in [2.24, 2.45) is 0 Å². The fraction of sp³-hybridized carbons (Fsp3) is 0.412. The van der Waals surface area contributed by atoms with Crippen LogP contribution in [0.4, 0.5) is 0 Å². The lowest BCUT2D eigenvalue weighted by atomic mass is 10.3. The van der Waals surface area contributed by atoms with Crippen molar-refractivity contribution in [1.82, 2.24) is 34.1 Å². The average Bonchev–Trinajstić information content (AvgIpc) is 3.36. The van der Waals surface area contributed by atoms with Crippen molar-refractivity contribution < 1.29 is 0 Å². The maximum Gasteiger partial charge on any atom is 0.235 e. The smallest absolute Gasteiger partial charge is 0.235 e. The molecular formula is C17H19N7S. The van der Waals surface area contributed by atoms with Crippen LogP contribution in [-0.4, -0.2) is 53.7 Å². The average molecular weight is 353 g/mol. The van der Waals surface area contributed by atoms with Crippen LogP contribution in [0.2, 0.25) is 0 Å². The molecule has 0 unspecified atom stereocenters. The molecule has 4 aromatic rings. The summed E-state index contributed by atoms with van der Waals surface area (Å²) in [5.74, 6) is 0.759. The first kappa shape index (κ1) is 15.0. The van der Waals surface area contributed by atoms with Crippen molar-refractivity contribution in [1.29, 1.82) is 0 Å². The quantitative estimate of drug-likeness (QED) is 0.564. The molecule has 7 nitrogen and oxygen atoms in total. The minimum Gasteiger partial charge on any atom is -0.303 e. The van der Waals surface area contributed by atoms with E-state index in [1.54, 1.807) is 11.3 Å². The predicted molar refractivity (Wildman–Crippen MR) is 97.0 cm³/mol. The van der Waals surface area contributed by atoms with E-state index < -0.39 is 0 Å². The Morgan fingerprint density at radius 1 is 1.16 bits per heavy atom. The highest BCUT2D eigenvalue weighted by atomic mass is 32.1. The summed E-state index contributed by atoms with van der Waals surface area (Å²) in [6.07, 6.45) is 5.62. The van der Waals surface area contributed by atoms with E-state index in [2.05, 4.69) is 24.5 Å². The van der Waals surface area contributed by atoms with Crippen LogP contribution < -0.4 is 0 Å². The molecule has 5 heterocycles. The lowest BCUT2D eigenvalue weighted by Crippen LogP contribution is -2.21. The fourth-order valence-electron chi connectivity index (χ4n) is 3.55. The number of fused-ring (bicyclic) bond motifs is 2. The predicted octanol–water partition coefficient (Wildman–Crippen LogP) is 2.45. The Kier molecular flexibility index (Phi) is 3.53. The van der Waals surface area contributed by atoms with E-state index in [1.807, 2.05) is 35.8 Å². The van der Waals surface area contributed by atoms with E-state index in [-0.39, 0.29) is 0 Å². The molecule has 1 fully saturated rings.